The SMILES string of the molecule is CC/C=C\C/C=C\C/C=C\C/C=C\C/C=C\C/C=C\C/C=C\CCCCCCCC(=O)OCC(COC(=O)CCCCCCC/C=C\CCCC)OC(=O)CCCCCCCCCCCCCCCCCCCCCC. The van der Waals surface area contributed by atoms with E-state index in [4.69, 9.17) is 14.2 Å². The van der Waals surface area contributed by atoms with Crippen LogP contribution in [-0.4, -0.2) is 37.2 Å². The molecule has 0 spiro atoms. The summed E-state index contributed by atoms with van der Waals surface area (Å²) in [6.07, 6.45) is 85.6. The minimum absolute atomic E-state index is 0.0860. The molecule has 0 saturated heterocycles. The third kappa shape index (κ3) is 61.2. The molecule has 0 aliphatic carbocycles. The first-order valence-electron chi connectivity index (χ1n) is 32.2. The summed E-state index contributed by atoms with van der Waals surface area (Å²) in [4.78, 5) is 38.3. The Balaban J connectivity index is 4.32. The summed E-state index contributed by atoms with van der Waals surface area (Å²) in [6.45, 7) is 6.49. The standard InChI is InChI=1S/C70H120O6/c1-4-7-10-13-16-19-22-24-26-28-30-32-33-34-35-36-37-38-40-41-43-45-48-51-54-57-60-63-69(72)75-66-67(65-74-68(71)62-59-56-53-50-47-21-18-15-12-9-6-3)76-70(73)64-61-58-55-52-49-46-44-42-39-31-29-27-25-23-20-17-14-11-8-5-2/h7,10,15-16,18-19,24,26,30,32,34-35,37-38,41,43,67H,4-6,8-9,11-14,17,20-23,25,27-29,31,33,36,39-40,42,44-66H2,1-3H3/b10-7-,18-15-,19-16-,26-24-,32-30-,35-34-,38-37-,43-41-. The van der Waals surface area contributed by atoms with Gasteiger partial charge >= 0.3 is 17.9 Å². The normalized spacial score (nSPS) is 12.7. The van der Waals surface area contributed by atoms with Gasteiger partial charge in [0.1, 0.15) is 13.2 Å². The summed E-state index contributed by atoms with van der Waals surface area (Å²) in [6, 6.07) is 0. The van der Waals surface area contributed by atoms with Gasteiger partial charge in [-0.1, -0.05) is 291 Å². The Kier molecular flexibility index (Phi) is 60.8. The van der Waals surface area contributed by atoms with Gasteiger partial charge in [0.15, 0.2) is 6.10 Å². The van der Waals surface area contributed by atoms with E-state index in [0.29, 0.717) is 19.3 Å². The number of allylic oxidation sites excluding steroid dienone is 16. The van der Waals surface area contributed by atoms with E-state index in [9.17, 15) is 14.4 Å². The van der Waals surface area contributed by atoms with Crippen molar-refractivity contribution in [2.45, 2.75) is 316 Å². The number of esters is 3. The predicted molar refractivity (Wildman–Crippen MR) is 330 cm³/mol. The van der Waals surface area contributed by atoms with Crippen LogP contribution in [0.2, 0.25) is 0 Å². The van der Waals surface area contributed by atoms with Crippen LogP contribution in [0.25, 0.3) is 0 Å². The maximum Gasteiger partial charge on any atom is 0.306 e. The van der Waals surface area contributed by atoms with E-state index >= 15 is 0 Å². The molecule has 0 aromatic rings. The topological polar surface area (TPSA) is 78.9 Å². The highest BCUT2D eigenvalue weighted by Crippen LogP contribution is 2.17. The van der Waals surface area contributed by atoms with Gasteiger partial charge in [-0.3, -0.25) is 14.4 Å². The van der Waals surface area contributed by atoms with Crippen molar-refractivity contribution in [3.05, 3.63) is 97.2 Å². The molecule has 0 aromatic carbocycles. The van der Waals surface area contributed by atoms with Gasteiger partial charge in [-0.05, 0) is 96.3 Å². The van der Waals surface area contributed by atoms with Crippen LogP contribution < -0.4 is 0 Å². The van der Waals surface area contributed by atoms with Crippen LogP contribution in [0.4, 0.5) is 0 Å². The summed E-state index contributed by atoms with van der Waals surface area (Å²) in [7, 11) is 0. The summed E-state index contributed by atoms with van der Waals surface area (Å²) in [5.74, 6) is -0.904. The van der Waals surface area contributed by atoms with Gasteiger partial charge in [0, 0.05) is 19.3 Å². The molecule has 76 heavy (non-hydrogen) atoms. The van der Waals surface area contributed by atoms with Gasteiger partial charge in [-0.25, -0.2) is 0 Å². The molecular weight excluding hydrogens is 937 g/mol. The van der Waals surface area contributed by atoms with Gasteiger partial charge in [0.25, 0.3) is 0 Å². The first-order valence-corrected chi connectivity index (χ1v) is 32.2. The van der Waals surface area contributed by atoms with Crippen LogP contribution >= 0.6 is 0 Å². The molecule has 1 atom stereocenters. The van der Waals surface area contributed by atoms with Crippen LogP contribution in [-0.2, 0) is 28.6 Å². The Labute approximate surface area is 470 Å². The van der Waals surface area contributed by atoms with Crippen molar-refractivity contribution in [3.8, 4) is 0 Å². The minimum atomic E-state index is -0.789. The monoisotopic (exact) mass is 1060 g/mol. The van der Waals surface area contributed by atoms with E-state index < -0.39 is 6.10 Å². The van der Waals surface area contributed by atoms with Crippen molar-refractivity contribution in [2.24, 2.45) is 0 Å². The lowest BCUT2D eigenvalue weighted by atomic mass is 10.0. The Morgan fingerprint density at radius 1 is 0.276 bits per heavy atom. The van der Waals surface area contributed by atoms with E-state index in [2.05, 4.69) is 118 Å². The van der Waals surface area contributed by atoms with Crippen molar-refractivity contribution < 1.29 is 28.6 Å². The van der Waals surface area contributed by atoms with Crippen LogP contribution in [0.3, 0.4) is 0 Å². The van der Waals surface area contributed by atoms with E-state index in [-0.39, 0.29) is 31.1 Å². The van der Waals surface area contributed by atoms with Gasteiger partial charge in [0.05, 0.1) is 0 Å². The Bertz CT molecular complexity index is 1490. The molecular formula is C70H120O6. The highest BCUT2D eigenvalue weighted by molar-refractivity contribution is 5.71. The van der Waals surface area contributed by atoms with Gasteiger partial charge in [0.2, 0.25) is 0 Å². The minimum Gasteiger partial charge on any atom is -0.462 e. The van der Waals surface area contributed by atoms with Crippen LogP contribution in [0, 0.1) is 0 Å². The van der Waals surface area contributed by atoms with Crippen molar-refractivity contribution in [1.29, 1.82) is 0 Å². The summed E-state index contributed by atoms with van der Waals surface area (Å²) >= 11 is 0. The fourth-order valence-electron chi connectivity index (χ4n) is 8.99. The summed E-state index contributed by atoms with van der Waals surface area (Å²) in [5, 5.41) is 0. The lowest BCUT2D eigenvalue weighted by molar-refractivity contribution is -0.167. The van der Waals surface area contributed by atoms with Crippen molar-refractivity contribution in [3.63, 3.8) is 0 Å². The molecule has 6 nitrogen and oxygen atoms in total. The average molecular weight is 1060 g/mol. The molecule has 0 N–H and O–H groups in total. The van der Waals surface area contributed by atoms with E-state index in [1.807, 2.05) is 0 Å². The van der Waals surface area contributed by atoms with Crippen molar-refractivity contribution in [2.75, 3.05) is 13.2 Å². The molecule has 0 rings (SSSR count). The molecule has 0 bridgehead atoms. The molecule has 6 heteroatoms. The zero-order valence-corrected chi connectivity index (χ0v) is 50.0. The molecule has 0 amide bonds. The number of hydrogen-bond donors (Lipinski definition) is 0. The highest BCUT2D eigenvalue weighted by atomic mass is 16.6. The third-order valence-electron chi connectivity index (χ3n) is 13.8. The summed E-state index contributed by atoms with van der Waals surface area (Å²) < 4.78 is 16.9. The van der Waals surface area contributed by atoms with Gasteiger partial charge < -0.3 is 14.2 Å². The second-order valence-electron chi connectivity index (χ2n) is 21.3. The molecule has 0 heterocycles. The fourth-order valence-corrected chi connectivity index (χ4v) is 8.99. The molecule has 0 aliphatic rings. The summed E-state index contributed by atoms with van der Waals surface area (Å²) in [5.41, 5.74) is 0. The first-order chi connectivity index (χ1) is 37.5. The predicted octanol–water partition coefficient (Wildman–Crippen LogP) is 22.0. The maximum absolute atomic E-state index is 12.9. The van der Waals surface area contributed by atoms with E-state index in [1.54, 1.807) is 0 Å². The third-order valence-corrected chi connectivity index (χ3v) is 13.8. The lowest BCUT2D eigenvalue weighted by Crippen LogP contribution is -2.30. The van der Waals surface area contributed by atoms with Crippen LogP contribution in [0.15, 0.2) is 97.2 Å². The van der Waals surface area contributed by atoms with Crippen molar-refractivity contribution >= 4 is 17.9 Å². The Morgan fingerprint density at radius 3 is 0.855 bits per heavy atom. The Hall–Kier alpha value is -3.67. The van der Waals surface area contributed by atoms with Crippen LogP contribution in [0.5, 0.6) is 0 Å². The molecule has 0 aliphatic heterocycles. The molecule has 436 valence electrons. The smallest absolute Gasteiger partial charge is 0.306 e. The average Bonchev–Trinajstić information content (AvgIpc) is 3.42. The zero-order chi connectivity index (χ0) is 55.0. The molecule has 0 radical (unpaired) electrons. The zero-order valence-electron chi connectivity index (χ0n) is 50.0. The lowest BCUT2D eigenvalue weighted by Gasteiger charge is -2.18. The number of ether oxygens (including phenoxy) is 3. The highest BCUT2D eigenvalue weighted by Gasteiger charge is 2.19. The van der Waals surface area contributed by atoms with Gasteiger partial charge in [-0.2, -0.15) is 0 Å². The number of unbranched alkanes of at least 4 members (excludes halogenated alkanes) is 31. The maximum atomic E-state index is 12.9. The number of carbonyl (C=O) groups excluding carboxylic acids is 3. The molecule has 1 unspecified atom stereocenters. The quantitative estimate of drug-likeness (QED) is 0.0261. The first kappa shape index (κ1) is 72.3. The second kappa shape index (κ2) is 63.9. The largest absolute Gasteiger partial charge is 0.462 e. The van der Waals surface area contributed by atoms with E-state index in [0.717, 1.165) is 128 Å². The number of hydrogen-bond acceptors (Lipinski definition) is 6. The number of carbonyl (C=O) groups is 3. The molecule has 0 fully saturated rings. The second-order valence-corrected chi connectivity index (χ2v) is 21.3. The number of rotatable bonds is 58. The molecule has 0 saturated carbocycles. The Morgan fingerprint density at radius 2 is 0.526 bits per heavy atom. The van der Waals surface area contributed by atoms with Gasteiger partial charge in [-0.15, -0.1) is 0 Å². The van der Waals surface area contributed by atoms with E-state index in [1.165, 1.54) is 141 Å². The molecule has 0 aromatic heterocycles. The van der Waals surface area contributed by atoms with Crippen molar-refractivity contribution in [1.82, 2.24) is 0 Å². The fraction of sp³-hybridized carbons (Fsp3) is 0.729. The van der Waals surface area contributed by atoms with Crippen LogP contribution in [0.1, 0.15) is 310 Å².